The topological polar surface area (TPSA) is 280 Å². The molecule has 0 saturated carbocycles. The molecular formula is C12H15FeN2Na3O13+3. The largest absolute Gasteiger partial charge is 5.00 e. The number of hydrogen-bond acceptors (Lipinski definition) is 14. The van der Waals surface area contributed by atoms with Crippen LogP contribution in [0.25, 0.3) is 0 Å². The molecule has 0 spiro atoms. The van der Waals surface area contributed by atoms with Gasteiger partial charge in [0.25, 0.3) is 0 Å². The standard InChI is InChI=1S/2C6H9NO6.Fe.3Na.H2O/c2*8-4(9)1-7(2-5(10)11)3-6(12)13;;;;;/h2*1-3H2,(H,8,9)(H,10,11)(H,12,13);;;;;1H2/q;;+5;3*+1;/p-5. The first-order valence-corrected chi connectivity index (χ1v) is 6.47. The third kappa shape index (κ3) is 41.0. The zero-order chi connectivity index (χ0) is 20.9. The van der Waals surface area contributed by atoms with E-state index < -0.39 is 75.1 Å². The van der Waals surface area contributed by atoms with Crippen LogP contribution in [-0.2, 0) is 51.3 Å². The minimum absolute atomic E-state index is 0. The van der Waals surface area contributed by atoms with Crippen LogP contribution in [0.5, 0.6) is 0 Å². The minimum Gasteiger partial charge on any atom is -0.549 e. The maximum atomic E-state index is 9.99. The van der Waals surface area contributed by atoms with Gasteiger partial charge in [0, 0.05) is 39.3 Å². The molecule has 0 unspecified atom stereocenters. The van der Waals surface area contributed by atoms with Crippen LogP contribution >= 0.6 is 0 Å². The molecule has 1 radical (unpaired) electrons. The second-order valence-corrected chi connectivity index (χ2v) is 4.52. The van der Waals surface area contributed by atoms with Crippen molar-refractivity contribution in [2.24, 2.45) is 0 Å². The first-order chi connectivity index (χ1) is 11.8. The Labute approximate surface area is 252 Å². The van der Waals surface area contributed by atoms with E-state index in [9.17, 15) is 59.4 Å². The van der Waals surface area contributed by atoms with E-state index in [1.807, 2.05) is 0 Å². The molecule has 0 aliphatic carbocycles. The van der Waals surface area contributed by atoms with Crippen LogP contribution in [-0.4, -0.2) is 84.9 Å². The van der Waals surface area contributed by atoms with Gasteiger partial charge in [-0.25, -0.2) is 0 Å². The number of aliphatic carboxylic acids is 6. The van der Waals surface area contributed by atoms with Gasteiger partial charge < -0.3 is 64.9 Å². The fourth-order valence-corrected chi connectivity index (χ4v) is 1.43. The molecule has 0 amide bonds. The number of hydrogen-bond donors (Lipinski definition) is 0. The Morgan fingerprint density at radius 3 is 0.581 bits per heavy atom. The van der Waals surface area contributed by atoms with E-state index in [1.54, 1.807) is 0 Å². The normalized spacial score (nSPS) is 8.32. The summed E-state index contributed by atoms with van der Waals surface area (Å²) in [7, 11) is 0. The van der Waals surface area contributed by atoms with Gasteiger partial charge in [-0.1, -0.05) is 0 Å². The molecule has 159 valence electrons. The Kier molecular flexibility index (Phi) is 44.3. The maximum Gasteiger partial charge on any atom is 5.00 e. The number of carbonyl (C=O) groups is 6. The predicted molar refractivity (Wildman–Crippen MR) is 67.8 cm³/mol. The van der Waals surface area contributed by atoms with Crippen molar-refractivity contribution in [1.29, 1.82) is 0 Å². The SMILES string of the molecule is O=C([O-])CN(CC(=O)[O-])CC(=O)[O-].O=C([O-])CN(CC(=O)[O-])CC(=O)[O-].[Fe+5].[Na+].[Na+].[Na+].[OH3+]. The van der Waals surface area contributed by atoms with Gasteiger partial charge in [0.2, 0.25) is 0 Å². The van der Waals surface area contributed by atoms with Gasteiger partial charge in [0.05, 0.1) is 35.8 Å². The fourth-order valence-electron chi connectivity index (χ4n) is 1.43. The van der Waals surface area contributed by atoms with Gasteiger partial charge in [-0.2, -0.15) is 0 Å². The Bertz CT molecular complexity index is 444. The van der Waals surface area contributed by atoms with Crippen molar-refractivity contribution in [3.8, 4) is 0 Å². The van der Waals surface area contributed by atoms with Gasteiger partial charge in [-0.3, -0.25) is 9.80 Å². The Morgan fingerprint density at radius 2 is 0.516 bits per heavy atom. The van der Waals surface area contributed by atoms with E-state index in [0.717, 1.165) is 0 Å². The van der Waals surface area contributed by atoms with E-state index in [0.29, 0.717) is 9.80 Å². The molecule has 3 N–H and O–H groups in total. The second-order valence-electron chi connectivity index (χ2n) is 4.52. The zero-order valence-electron chi connectivity index (χ0n) is 17.0. The summed E-state index contributed by atoms with van der Waals surface area (Å²) in [5.41, 5.74) is 0. The summed E-state index contributed by atoms with van der Waals surface area (Å²) in [6.45, 7) is -4.74. The fraction of sp³-hybridized carbons (Fsp3) is 0.500. The van der Waals surface area contributed by atoms with Crippen molar-refractivity contribution in [2.75, 3.05) is 39.3 Å². The summed E-state index contributed by atoms with van der Waals surface area (Å²) >= 11 is 0. The van der Waals surface area contributed by atoms with Crippen molar-refractivity contribution in [3.05, 3.63) is 0 Å². The van der Waals surface area contributed by atoms with Crippen molar-refractivity contribution in [1.82, 2.24) is 9.80 Å². The Morgan fingerprint density at radius 1 is 0.419 bits per heavy atom. The first-order valence-electron chi connectivity index (χ1n) is 6.47. The van der Waals surface area contributed by atoms with Gasteiger partial charge in [-0.15, -0.1) is 0 Å². The van der Waals surface area contributed by atoms with Crippen molar-refractivity contribution >= 4 is 35.8 Å². The maximum absolute atomic E-state index is 9.99. The zero-order valence-corrected chi connectivity index (χ0v) is 24.1. The monoisotopic (exact) mass is 520 g/mol. The number of nitrogens with zero attached hydrogens (tertiary/aromatic N) is 2. The number of carboxylic acids is 6. The first kappa shape index (κ1) is 48.6. The predicted octanol–water partition coefficient (Wildman–Crippen LogP) is -20.8. The molecule has 31 heavy (non-hydrogen) atoms. The summed E-state index contributed by atoms with van der Waals surface area (Å²) in [4.78, 5) is 61.2. The van der Waals surface area contributed by atoms with Gasteiger partial charge in [-0.05, 0) is 0 Å². The van der Waals surface area contributed by atoms with Crippen molar-refractivity contribution < 1.29 is 171 Å². The van der Waals surface area contributed by atoms with Crippen LogP contribution in [0.15, 0.2) is 0 Å². The summed E-state index contributed by atoms with van der Waals surface area (Å²) in [6, 6.07) is 0. The van der Waals surface area contributed by atoms with Gasteiger partial charge in [0.1, 0.15) is 0 Å². The van der Waals surface area contributed by atoms with E-state index in [2.05, 4.69) is 0 Å². The minimum atomic E-state index is -1.57. The molecular weight excluding hydrogens is 505 g/mol. The summed E-state index contributed by atoms with van der Waals surface area (Å²) in [6.07, 6.45) is 0. The third-order valence-electron chi connectivity index (χ3n) is 2.12. The van der Waals surface area contributed by atoms with E-state index >= 15 is 0 Å². The molecule has 0 bridgehead atoms. The molecule has 0 saturated heterocycles. The average Bonchev–Trinajstić information content (AvgIpc) is 2.33. The van der Waals surface area contributed by atoms with E-state index in [-0.39, 0.29) is 111 Å². The van der Waals surface area contributed by atoms with Gasteiger partial charge in [0.15, 0.2) is 0 Å². The van der Waals surface area contributed by atoms with Crippen molar-refractivity contribution in [2.45, 2.75) is 0 Å². The molecule has 0 aromatic heterocycles. The van der Waals surface area contributed by atoms with E-state index in [1.165, 1.54) is 0 Å². The molecule has 19 heteroatoms. The molecule has 0 atom stereocenters. The smallest absolute Gasteiger partial charge is 0.549 e. The van der Waals surface area contributed by atoms with Crippen LogP contribution in [0.3, 0.4) is 0 Å². The van der Waals surface area contributed by atoms with Gasteiger partial charge >= 0.3 is 106 Å². The molecule has 0 aliphatic heterocycles. The Balaban J connectivity index is -0.0000000640. The van der Waals surface area contributed by atoms with Crippen LogP contribution in [0, 0.1) is 0 Å². The second kappa shape index (κ2) is 28.3. The summed E-state index contributed by atoms with van der Waals surface area (Å²) < 4.78 is 0. The molecule has 0 fully saturated rings. The quantitative estimate of drug-likeness (QED) is 0.171. The molecule has 0 aromatic rings. The molecule has 15 nitrogen and oxygen atoms in total. The number of carboxylic acid groups (broad SMARTS) is 6. The van der Waals surface area contributed by atoms with Crippen LogP contribution in [0.2, 0.25) is 0 Å². The third-order valence-corrected chi connectivity index (χ3v) is 2.12. The molecule has 0 heterocycles. The van der Waals surface area contributed by atoms with Crippen LogP contribution < -0.4 is 119 Å². The van der Waals surface area contributed by atoms with E-state index in [4.69, 9.17) is 0 Å². The van der Waals surface area contributed by atoms with Crippen LogP contribution in [0.1, 0.15) is 0 Å². The number of rotatable bonds is 12. The van der Waals surface area contributed by atoms with Crippen LogP contribution in [0.4, 0.5) is 0 Å². The average molecular weight is 520 g/mol. The van der Waals surface area contributed by atoms with Crippen molar-refractivity contribution in [3.63, 3.8) is 0 Å². The summed E-state index contributed by atoms with van der Waals surface area (Å²) in [5, 5.41) is 60.0. The molecule has 0 rings (SSSR count). The Hall–Kier alpha value is 0.219. The molecule has 0 aliphatic rings. The number of carbonyl (C=O) groups excluding carboxylic acids is 6. The summed E-state index contributed by atoms with van der Waals surface area (Å²) in [5.74, 6) is -9.40. The molecule has 0 aromatic carbocycles.